The minimum Gasteiger partial charge on any atom is -0.390 e. The molecule has 0 heterocycles. The summed E-state index contributed by atoms with van der Waals surface area (Å²) in [6, 6.07) is 0. The number of rotatable bonds is 4. The second-order valence-corrected chi connectivity index (χ2v) is 4.82. The van der Waals surface area contributed by atoms with Crippen LogP contribution >= 0.6 is 0 Å². The Kier molecular flexibility index (Phi) is 3.78. The Morgan fingerprint density at radius 2 is 2.15 bits per heavy atom. The van der Waals surface area contributed by atoms with Crippen molar-refractivity contribution in [2.75, 3.05) is 0 Å². The fourth-order valence-corrected chi connectivity index (χ4v) is 2.73. The second kappa shape index (κ2) is 4.45. The van der Waals surface area contributed by atoms with Crippen molar-refractivity contribution in [3.63, 3.8) is 0 Å². The van der Waals surface area contributed by atoms with Gasteiger partial charge in [-0.25, -0.2) is 0 Å². The predicted molar refractivity (Wildman–Crippen MR) is 56.7 cm³/mol. The largest absolute Gasteiger partial charge is 0.390 e. The number of hydrogen-bond acceptors (Lipinski definition) is 1. The fraction of sp³-hybridized carbons (Fsp3) is 1.00. The van der Waals surface area contributed by atoms with Crippen LogP contribution in [0, 0.1) is 11.8 Å². The van der Waals surface area contributed by atoms with Gasteiger partial charge in [0.05, 0.1) is 5.60 Å². The molecule has 0 amide bonds. The van der Waals surface area contributed by atoms with E-state index in [2.05, 4.69) is 20.8 Å². The van der Waals surface area contributed by atoms with Gasteiger partial charge in [0.25, 0.3) is 0 Å². The van der Waals surface area contributed by atoms with E-state index in [9.17, 15) is 5.11 Å². The van der Waals surface area contributed by atoms with E-state index in [-0.39, 0.29) is 5.60 Å². The first kappa shape index (κ1) is 11.0. The van der Waals surface area contributed by atoms with E-state index >= 15 is 0 Å². The molecule has 1 rings (SSSR count). The summed E-state index contributed by atoms with van der Waals surface area (Å²) in [5, 5.41) is 10.5. The highest BCUT2D eigenvalue weighted by Gasteiger charge is 2.40. The van der Waals surface area contributed by atoms with E-state index in [1.54, 1.807) is 0 Å². The third-order valence-electron chi connectivity index (χ3n) is 3.81. The van der Waals surface area contributed by atoms with Crippen molar-refractivity contribution in [2.24, 2.45) is 11.8 Å². The molecule has 1 nitrogen and oxygen atoms in total. The van der Waals surface area contributed by atoms with Crippen LogP contribution in [-0.2, 0) is 0 Å². The highest BCUT2D eigenvalue weighted by Crippen LogP contribution is 2.42. The van der Waals surface area contributed by atoms with Crippen LogP contribution in [0.4, 0.5) is 0 Å². The van der Waals surface area contributed by atoms with E-state index in [4.69, 9.17) is 0 Å². The van der Waals surface area contributed by atoms with Crippen molar-refractivity contribution in [1.29, 1.82) is 0 Å². The van der Waals surface area contributed by atoms with Crippen LogP contribution in [0.1, 0.15) is 59.3 Å². The van der Waals surface area contributed by atoms with E-state index in [0.29, 0.717) is 11.8 Å². The molecule has 78 valence electrons. The standard InChI is InChI=1S/C12H24O/c1-4-10(3)9-12(13)8-6-7-11(12)5-2/h10-11,13H,4-9H2,1-3H3. The van der Waals surface area contributed by atoms with Gasteiger partial charge in [-0.15, -0.1) is 0 Å². The molecule has 0 bridgehead atoms. The zero-order valence-corrected chi connectivity index (χ0v) is 9.34. The quantitative estimate of drug-likeness (QED) is 0.710. The predicted octanol–water partition coefficient (Wildman–Crippen LogP) is 3.36. The molecule has 3 unspecified atom stereocenters. The highest BCUT2D eigenvalue weighted by molar-refractivity contribution is 4.92. The number of aliphatic hydroxyl groups is 1. The van der Waals surface area contributed by atoms with Crippen molar-refractivity contribution in [1.82, 2.24) is 0 Å². The second-order valence-electron chi connectivity index (χ2n) is 4.82. The summed E-state index contributed by atoms with van der Waals surface area (Å²) < 4.78 is 0. The van der Waals surface area contributed by atoms with E-state index in [0.717, 1.165) is 19.3 Å². The van der Waals surface area contributed by atoms with Gasteiger partial charge in [0, 0.05) is 0 Å². The van der Waals surface area contributed by atoms with Crippen molar-refractivity contribution in [3.05, 3.63) is 0 Å². The van der Waals surface area contributed by atoms with Crippen LogP contribution in [0.25, 0.3) is 0 Å². The summed E-state index contributed by atoms with van der Waals surface area (Å²) in [5.41, 5.74) is -0.315. The topological polar surface area (TPSA) is 20.2 Å². The molecule has 1 saturated carbocycles. The maximum absolute atomic E-state index is 10.5. The molecule has 0 aliphatic heterocycles. The lowest BCUT2D eigenvalue weighted by molar-refractivity contribution is -0.0194. The summed E-state index contributed by atoms with van der Waals surface area (Å²) >= 11 is 0. The molecule has 0 spiro atoms. The number of hydrogen-bond donors (Lipinski definition) is 1. The lowest BCUT2D eigenvalue weighted by atomic mass is 9.81. The molecule has 0 saturated heterocycles. The van der Waals surface area contributed by atoms with Gasteiger partial charge in [0.15, 0.2) is 0 Å². The molecule has 3 atom stereocenters. The van der Waals surface area contributed by atoms with Gasteiger partial charge in [-0.05, 0) is 31.1 Å². The molecule has 1 fully saturated rings. The van der Waals surface area contributed by atoms with Gasteiger partial charge >= 0.3 is 0 Å². The average Bonchev–Trinajstić information content (AvgIpc) is 2.46. The molecule has 0 aromatic carbocycles. The summed E-state index contributed by atoms with van der Waals surface area (Å²) in [7, 11) is 0. The van der Waals surface area contributed by atoms with E-state index in [1.165, 1.54) is 19.3 Å². The van der Waals surface area contributed by atoms with Crippen LogP contribution in [0.15, 0.2) is 0 Å². The van der Waals surface area contributed by atoms with Crippen molar-refractivity contribution >= 4 is 0 Å². The van der Waals surface area contributed by atoms with E-state index < -0.39 is 0 Å². The molecule has 1 N–H and O–H groups in total. The normalized spacial score (nSPS) is 36.5. The molecule has 13 heavy (non-hydrogen) atoms. The van der Waals surface area contributed by atoms with Crippen LogP contribution in [0.3, 0.4) is 0 Å². The molecule has 0 radical (unpaired) electrons. The van der Waals surface area contributed by atoms with Gasteiger partial charge in [-0.2, -0.15) is 0 Å². The monoisotopic (exact) mass is 184 g/mol. The molecule has 0 aromatic heterocycles. The molecule has 1 heteroatoms. The van der Waals surface area contributed by atoms with Crippen LogP contribution in [-0.4, -0.2) is 10.7 Å². The Morgan fingerprint density at radius 3 is 2.69 bits per heavy atom. The van der Waals surface area contributed by atoms with Gasteiger partial charge in [0.2, 0.25) is 0 Å². The smallest absolute Gasteiger partial charge is 0.0678 e. The zero-order valence-electron chi connectivity index (χ0n) is 9.34. The van der Waals surface area contributed by atoms with E-state index in [1.807, 2.05) is 0 Å². The van der Waals surface area contributed by atoms with Gasteiger partial charge in [-0.1, -0.05) is 40.0 Å². The van der Waals surface area contributed by atoms with Crippen LogP contribution in [0.5, 0.6) is 0 Å². The Bertz CT molecular complexity index is 155. The lowest BCUT2D eigenvalue weighted by Crippen LogP contribution is -2.34. The Hall–Kier alpha value is -0.0400. The van der Waals surface area contributed by atoms with Crippen molar-refractivity contribution < 1.29 is 5.11 Å². The molecule has 0 aromatic rings. The molecule has 1 aliphatic rings. The summed E-state index contributed by atoms with van der Waals surface area (Å²) in [4.78, 5) is 0. The summed E-state index contributed by atoms with van der Waals surface area (Å²) in [5.74, 6) is 1.25. The molecular weight excluding hydrogens is 160 g/mol. The average molecular weight is 184 g/mol. The third-order valence-corrected chi connectivity index (χ3v) is 3.81. The molecular formula is C12H24O. The Balaban J connectivity index is 2.52. The van der Waals surface area contributed by atoms with Crippen molar-refractivity contribution in [2.45, 2.75) is 64.9 Å². The first-order valence-corrected chi connectivity index (χ1v) is 5.84. The van der Waals surface area contributed by atoms with Crippen molar-refractivity contribution in [3.8, 4) is 0 Å². The van der Waals surface area contributed by atoms with Gasteiger partial charge in [0.1, 0.15) is 0 Å². The summed E-state index contributed by atoms with van der Waals surface area (Å²) in [6.45, 7) is 6.67. The maximum Gasteiger partial charge on any atom is 0.0678 e. The van der Waals surface area contributed by atoms with Crippen LogP contribution in [0.2, 0.25) is 0 Å². The summed E-state index contributed by atoms with van der Waals surface area (Å²) in [6.07, 6.45) is 6.86. The maximum atomic E-state index is 10.5. The van der Waals surface area contributed by atoms with Gasteiger partial charge in [-0.3, -0.25) is 0 Å². The fourth-order valence-electron chi connectivity index (χ4n) is 2.73. The Morgan fingerprint density at radius 1 is 1.46 bits per heavy atom. The van der Waals surface area contributed by atoms with Crippen LogP contribution < -0.4 is 0 Å². The molecule has 1 aliphatic carbocycles. The third kappa shape index (κ3) is 2.46. The minimum atomic E-state index is -0.315. The minimum absolute atomic E-state index is 0.315. The zero-order chi connectivity index (χ0) is 9.90. The Labute approximate surface area is 82.5 Å². The highest BCUT2D eigenvalue weighted by atomic mass is 16.3. The first-order valence-electron chi connectivity index (χ1n) is 5.84. The van der Waals surface area contributed by atoms with Gasteiger partial charge < -0.3 is 5.11 Å². The first-order chi connectivity index (χ1) is 6.12. The lowest BCUT2D eigenvalue weighted by Gasteiger charge is -2.32. The SMILES string of the molecule is CCC(C)CC1(O)CCCC1CC.